The van der Waals surface area contributed by atoms with Crippen molar-refractivity contribution in [1.82, 2.24) is 15.1 Å². The number of hydrogen-bond donors (Lipinski definition) is 1. The van der Waals surface area contributed by atoms with Crippen LogP contribution < -0.4 is 5.32 Å². The Balaban J connectivity index is 2.10. The van der Waals surface area contributed by atoms with Gasteiger partial charge in [-0.05, 0) is 48.4 Å². The van der Waals surface area contributed by atoms with E-state index in [-0.39, 0.29) is 0 Å². The predicted octanol–water partition coefficient (Wildman–Crippen LogP) is 3.82. The summed E-state index contributed by atoms with van der Waals surface area (Å²) in [4.78, 5) is 1.34. The molecule has 1 heterocycles. The fourth-order valence-corrected chi connectivity index (χ4v) is 3.06. The van der Waals surface area contributed by atoms with Gasteiger partial charge in [0.05, 0.1) is 6.20 Å². The van der Waals surface area contributed by atoms with Crippen LogP contribution in [0.1, 0.15) is 37.4 Å². The normalized spacial score (nSPS) is 12.5. The van der Waals surface area contributed by atoms with Crippen LogP contribution in [0.15, 0.2) is 41.6 Å². The van der Waals surface area contributed by atoms with Crippen LogP contribution in [-0.2, 0) is 13.5 Å². The number of nitrogens with one attached hydrogen (secondary N) is 1. The van der Waals surface area contributed by atoms with Crippen molar-refractivity contribution >= 4 is 11.8 Å². The average Bonchev–Trinajstić information content (AvgIpc) is 2.90. The smallest absolute Gasteiger partial charge is 0.0522 e. The molecular formula is C17H25N3S. The Morgan fingerprint density at radius 2 is 2.00 bits per heavy atom. The van der Waals surface area contributed by atoms with Gasteiger partial charge in [-0.25, -0.2) is 0 Å². The molecule has 21 heavy (non-hydrogen) atoms. The van der Waals surface area contributed by atoms with Gasteiger partial charge in [0.2, 0.25) is 0 Å². The second-order valence-electron chi connectivity index (χ2n) is 5.24. The van der Waals surface area contributed by atoms with E-state index in [9.17, 15) is 0 Å². The van der Waals surface area contributed by atoms with Gasteiger partial charge in [0.25, 0.3) is 0 Å². The zero-order valence-electron chi connectivity index (χ0n) is 13.2. The van der Waals surface area contributed by atoms with Crippen LogP contribution in [-0.4, -0.2) is 22.1 Å². The van der Waals surface area contributed by atoms with Crippen LogP contribution in [0.4, 0.5) is 0 Å². The highest BCUT2D eigenvalue weighted by molar-refractivity contribution is 7.99. The monoisotopic (exact) mass is 303 g/mol. The van der Waals surface area contributed by atoms with Crippen molar-refractivity contribution in [3.05, 3.63) is 47.8 Å². The molecule has 0 radical (unpaired) electrons. The van der Waals surface area contributed by atoms with E-state index >= 15 is 0 Å². The third-order valence-electron chi connectivity index (χ3n) is 3.43. The number of rotatable bonds is 8. The maximum atomic E-state index is 4.27. The summed E-state index contributed by atoms with van der Waals surface area (Å²) in [7, 11) is 1.97. The lowest BCUT2D eigenvalue weighted by molar-refractivity contribution is 0.529. The van der Waals surface area contributed by atoms with E-state index < -0.39 is 0 Å². The standard InChI is InChI=1S/C17H25N3S/c1-4-10-18-17(11-14-12-19-20(3)13-14)15-6-8-16(9-7-15)21-5-2/h6-9,12-13,17-18H,4-5,10-11H2,1-3H3. The van der Waals surface area contributed by atoms with Gasteiger partial charge in [0.15, 0.2) is 0 Å². The van der Waals surface area contributed by atoms with Gasteiger partial charge in [0.1, 0.15) is 0 Å². The maximum absolute atomic E-state index is 4.27. The van der Waals surface area contributed by atoms with Crippen molar-refractivity contribution in [2.75, 3.05) is 12.3 Å². The Kier molecular flexibility index (Phi) is 6.33. The number of thioether (sulfide) groups is 1. The number of aryl methyl sites for hydroxylation is 1. The lowest BCUT2D eigenvalue weighted by Crippen LogP contribution is -2.24. The minimum Gasteiger partial charge on any atom is -0.310 e. The summed E-state index contributed by atoms with van der Waals surface area (Å²) in [6.45, 7) is 5.43. The largest absolute Gasteiger partial charge is 0.310 e. The highest BCUT2D eigenvalue weighted by Crippen LogP contribution is 2.23. The summed E-state index contributed by atoms with van der Waals surface area (Å²) in [5, 5.41) is 7.92. The summed E-state index contributed by atoms with van der Waals surface area (Å²) >= 11 is 1.89. The van der Waals surface area contributed by atoms with Crippen LogP contribution in [0.5, 0.6) is 0 Å². The fraction of sp³-hybridized carbons (Fsp3) is 0.471. The lowest BCUT2D eigenvalue weighted by atomic mass is 10.0. The Morgan fingerprint density at radius 3 is 2.57 bits per heavy atom. The molecule has 0 fully saturated rings. The molecule has 1 unspecified atom stereocenters. The van der Waals surface area contributed by atoms with Crippen molar-refractivity contribution in [3.8, 4) is 0 Å². The first-order valence-corrected chi connectivity index (χ1v) is 8.65. The summed E-state index contributed by atoms with van der Waals surface area (Å²) in [5.74, 6) is 1.12. The fourth-order valence-electron chi connectivity index (χ4n) is 2.40. The second-order valence-corrected chi connectivity index (χ2v) is 6.57. The van der Waals surface area contributed by atoms with Gasteiger partial charge in [-0.1, -0.05) is 26.0 Å². The number of nitrogens with zero attached hydrogens (tertiary/aromatic N) is 2. The Hall–Kier alpha value is -1.26. The van der Waals surface area contributed by atoms with E-state index in [1.807, 2.05) is 29.7 Å². The van der Waals surface area contributed by atoms with E-state index in [0.29, 0.717) is 6.04 Å². The molecule has 0 saturated carbocycles. The summed E-state index contributed by atoms with van der Waals surface area (Å²) in [5.41, 5.74) is 2.63. The van der Waals surface area contributed by atoms with Crippen molar-refractivity contribution in [1.29, 1.82) is 0 Å². The molecule has 0 aliphatic heterocycles. The van der Waals surface area contributed by atoms with Gasteiger partial charge >= 0.3 is 0 Å². The van der Waals surface area contributed by atoms with E-state index in [4.69, 9.17) is 0 Å². The number of aromatic nitrogens is 2. The van der Waals surface area contributed by atoms with Crippen LogP contribution in [0.3, 0.4) is 0 Å². The highest BCUT2D eigenvalue weighted by Gasteiger charge is 2.12. The van der Waals surface area contributed by atoms with Crippen molar-refractivity contribution in [2.24, 2.45) is 7.05 Å². The second kappa shape index (κ2) is 8.25. The molecule has 1 atom stereocenters. The zero-order valence-corrected chi connectivity index (χ0v) is 14.0. The summed E-state index contributed by atoms with van der Waals surface area (Å²) in [6.07, 6.45) is 6.19. The Labute approximate surface area is 132 Å². The van der Waals surface area contributed by atoms with E-state index in [0.717, 1.165) is 25.1 Å². The molecule has 0 amide bonds. The number of hydrogen-bond acceptors (Lipinski definition) is 3. The number of benzene rings is 1. The lowest BCUT2D eigenvalue weighted by Gasteiger charge is -2.18. The predicted molar refractivity (Wildman–Crippen MR) is 90.8 cm³/mol. The molecule has 1 aromatic carbocycles. The molecule has 0 saturated heterocycles. The van der Waals surface area contributed by atoms with Gasteiger partial charge in [0, 0.05) is 24.2 Å². The minimum absolute atomic E-state index is 0.356. The topological polar surface area (TPSA) is 29.9 Å². The molecule has 3 nitrogen and oxygen atoms in total. The SMILES string of the molecule is CCCNC(Cc1cnn(C)c1)c1ccc(SCC)cc1. The Morgan fingerprint density at radius 1 is 1.24 bits per heavy atom. The molecule has 4 heteroatoms. The molecule has 0 bridgehead atoms. The molecule has 0 spiro atoms. The van der Waals surface area contributed by atoms with Gasteiger partial charge in [-0.2, -0.15) is 5.10 Å². The third kappa shape index (κ3) is 4.90. The first-order valence-electron chi connectivity index (χ1n) is 7.66. The van der Waals surface area contributed by atoms with Crippen molar-refractivity contribution < 1.29 is 0 Å². The molecular weight excluding hydrogens is 278 g/mol. The van der Waals surface area contributed by atoms with E-state index in [1.54, 1.807) is 0 Å². The highest BCUT2D eigenvalue weighted by atomic mass is 32.2. The summed E-state index contributed by atoms with van der Waals surface area (Å²) in [6, 6.07) is 9.32. The van der Waals surface area contributed by atoms with Crippen LogP contribution >= 0.6 is 11.8 Å². The minimum atomic E-state index is 0.356. The first kappa shape index (κ1) is 16.1. The van der Waals surface area contributed by atoms with Gasteiger partial charge in [-0.15, -0.1) is 11.8 Å². The average molecular weight is 303 g/mol. The quantitative estimate of drug-likeness (QED) is 0.752. The molecule has 2 aromatic rings. The summed E-state index contributed by atoms with van der Waals surface area (Å²) < 4.78 is 1.87. The van der Waals surface area contributed by atoms with Crippen LogP contribution in [0, 0.1) is 0 Å². The Bertz CT molecular complexity index is 533. The van der Waals surface area contributed by atoms with E-state index in [1.165, 1.54) is 16.0 Å². The van der Waals surface area contributed by atoms with Gasteiger partial charge in [-0.3, -0.25) is 4.68 Å². The molecule has 0 aliphatic rings. The molecule has 1 aromatic heterocycles. The molecule has 2 rings (SSSR count). The molecule has 1 N–H and O–H groups in total. The first-order chi connectivity index (χ1) is 10.2. The van der Waals surface area contributed by atoms with Crippen molar-refractivity contribution in [2.45, 2.75) is 37.6 Å². The van der Waals surface area contributed by atoms with E-state index in [2.05, 4.69) is 54.7 Å². The molecule has 0 aliphatic carbocycles. The van der Waals surface area contributed by atoms with Gasteiger partial charge < -0.3 is 5.32 Å². The zero-order chi connectivity index (χ0) is 15.1. The van der Waals surface area contributed by atoms with Crippen LogP contribution in [0.25, 0.3) is 0 Å². The maximum Gasteiger partial charge on any atom is 0.0522 e. The van der Waals surface area contributed by atoms with Crippen molar-refractivity contribution in [3.63, 3.8) is 0 Å². The third-order valence-corrected chi connectivity index (χ3v) is 4.33. The van der Waals surface area contributed by atoms with Crippen LogP contribution in [0.2, 0.25) is 0 Å². The molecule has 114 valence electrons.